The molecule has 2 heterocycles. The summed E-state index contributed by atoms with van der Waals surface area (Å²) in [7, 11) is 0. The highest BCUT2D eigenvalue weighted by Crippen LogP contribution is 2.24. The zero-order valence-electron chi connectivity index (χ0n) is 6.53. The Hall–Kier alpha value is -1.36. The van der Waals surface area contributed by atoms with E-state index in [9.17, 15) is 0 Å². The summed E-state index contributed by atoms with van der Waals surface area (Å²) in [6.45, 7) is 1.97. The number of hydrogen-bond acceptors (Lipinski definition) is 4. The zero-order chi connectivity index (χ0) is 8.55. The lowest BCUT2D eigenvalue weighted by molar-refractivity contribution is 1.10. The molecule has 3 N–H and O–H groups in total. The highest BCUT2D eigenvalue weighted by Gasteiger charge is 2.03. The van der Waals surface area contributed by atoms with Crippen LogP contribution in [0, 0.1) is 6.92 Å². The third kappa shape index (κ3) is 1.18. The molecule has 4 nitrogen and oxygen atoms in total. The number of aromatic nitrogens is 3. The maximum absolute atomic E-state index is 5.46. The van der Waals surface area contributed by atoms with Crippen molar-refractivity contribution in [3.05, 3.63) is 17.3 Å². The van der Waals surface area contributed by atoms with Crippen molar-refractivity contribution < 1.29 is 0 Å². The first-order chi connectivity index (χ1) is 5.75. The van der Waals surface area contributed by atoms with E-state index in [0.29, 0.717) is 5.82 Å². The van der Waals surface area contributed by atoms with Crippen LogP contribution in [-0.2, 0) is 0 Å². The molecular weight excluding hydrogens is 172 g/mol. The molecule has 0 aromatic carbocycles. The number of thiazole rings is 1. The van der Waals surface area contributed by atoms with Gasteiger partial charge in [-0.05, 0) is 6.92 Å². The average molecular weight is 180 g/mol. The largest absolute Gasteiger partial charge is 0.382 e. The van der Waals surface area contributed by atoms with Gasteiger partial charge in [0.25, 0.3) is 0 Å². The van der Waals surface area contributed by atoms with Gasteiger partial charge < -0.3 is 5.73 Å². The second-order valence-electron chi connectivity index (χ2n) is 2.45. The Morgan fingerprint density at radius 2 is 2.42 bits per heavy atom. The summed E-state index contributed by atoms with van der Waals surface area (Å²) in [6.07, 6.45) is 1.81. The lowest BCUT2D eigenvalue weighted by Crippen LogP contribution is -1.81. The molecule has 62 valence electrons. The summed E-state index contributed by atoms with van der Waals surface area (Å²) in [5.74, 6) is 0.510. The minimum Gasteiger partial charge on any atom is -0.382 e. The molecule has 0 spiro atoms. The van der Waals surface area contributed by atoms with E-state index in [1.807, 2.05) is 13.1 Å². The first kappa shape index (κ1) is 7.30. The highest BCUT2D eigenvalue weighted by molar-refractivity contribution is 7.15. The van der Waals surface area contributed by atoms with Gasteiger partial charge in [-0.1, -0.05) is 0 Å². The van der Waals surface area contributed by atoms with Crippen LogP contribution in [0.2, 0.25) is 0 Å². The Kier molecular flexibility index (Phi) is 1.58. The fraction of sp³-hybridized carbons (Fsp3) is 0.143. The van der Waals surface area contributed by atoms with Crippen LogP contribution < -0.4 is 5.73 Å². The third-order valence-electron chi connectivity index (χ3n) is 1.48. The predicted molar refractivity (Wildman–Crippen MR) is 48.8 cm³/mol. The molecule has 0 aliphatic heterocycles. The fourth-order valence-electron chi connectivity index (χ4n) is 0.949. The maximum Gasteiger partial charge on any atom is 0.145 e. The van der Waals surface area contributed by atoms with Gasteiger partial charge in [-0.3, -0.25) is 5.10 Å². The van der Waals surface area contributed by atoms with Gasteiger partial charge in [0.2, 0.25) is 0 Å². The molecule has 0 atom stereocenters. The summed E-state index contributed by atoms with van der Waals surface area (Å²) < 4.78 is 0. The van der Waals surface area contributed by atoms with Crippen molar-refractivity contribution in [3.63, 3.8) is 0 Å². The number of nitrogens with zero attached hydrogens (tertiary/aromatic N) is 2. The number of aromatic amines is 1. The van der Waals surface area contributed by atoms with E-state index in [-0.39, 0.29) is 0 Å². The van der Waals surface area contributed by atoms with E-state index in [0.717, 1.165) is 15.6 Å². The van der Waals surface area contributed by atoms with E-state index in [4.69, 9.17) is 5.73 Å². The van der Waals surface area contributed by atoms with Crippen molar-refractivity contribution in [3.8, 4) is 10.6 Å². The molecule has 0 fully saturated rings. The lowest BCUT2D eigenvalue weighted by Gasteiger charge is -1.84. The number of hydrogen-bond donors (Lipinski definition) is 2. The first-order valence-corrected chi connectivity index (χ1v) is 4.31. The van der Waals surface area contributed by atoms with E-state index in [2.05, 4.69) is 15.2 Å². The fourth-order valence-corrected chi connectivity index (χ4v) is 1.69. The monoisotopic (exact) mass is 180 g/mol. The summed E-state index contributed by atoms with van der Waals surface area (Å²) in [5, 5.41) is 7.70. The quantitative estimate of drug-likeness (QED) is 0.697. The van der Waals surface area contributed by atoms with Crippen LogP contribution in [0.1, 0.15) is 5.01 Å². The molecular formula is C7H8N4S. The number of H-pyrrole nitrogens is 1. The molecule has 0 saturated heterocycles. The van der Waals surface area contributed by atoms with Crippen molar-refractivity contribution in [1.82, 2.24) is 15.2 Å². The first-order valence-electron chi connectivity index (χ1n) is 3.49. The molecule has 0 aliphatic rings. The van der Waals surface area contributed by atoms with E-state index < -0.39 is 0 Å². The van der Waals surface area contributed by atoms with Crippen LogP contribution in [0.5, 0.6) is 0 Å². The Labute approximate surface area is 73.5 Å². The average Bonchev–Trinajstić information content (AvgIpc) is 2.58. The summed E-state index contributed by atoms with van der Waals surface area (Å²) >= 11 is 1.62. The van der Waals surface area contributed by atoms with Crippen LogP contribution in [0.15, 0.2) is 12.3 Å². The molecule has 12 heavy (non-hydrogen) atoms. The summed E-state index contributed by atoms with van der Waals surface area (Å²) in [6, 6.07) is 1.80. The minimum absolute atomic E-state index is 0.510. The number of nitrogens with one attached hydrogen (secondary N) is 1. The Morgan fingerprint density at radius 1 is 1.58 bits per heavy atom. The normalized spacial score (nSPS) is 10.4. The van der Waals surface area contributed by atoms with Crippen LogP contribution in [-0.4, -0.2) is 15.2 Å². The van der Waals surface area contributed by atoms with Crippen molar-refractivity contribution in [2.24, 2.45) is 0 Å². The number of rotatable bonds is 1. The lowest BCUT2D eigenvalue weighted by atomic mass is 10.4. The maximum atomic E-state index is 5.46. The van der Waals surface area contributed by atoms with Crippen LogP contribution in [0.4, 0.5) is 5.82 Å². The smallest absolute Gasteiger partial charge is 0.145 e. The van der Waals surface area contributed by atoms with Crippen LogP contribution in [0.3, 0.4) is 0 Å². The standard InChI is InChI=1S/C7H8N4S/c1-4-9-3-6(12-4)5-2-7(8)11-10-5/h2-3H,1H3,(H3,8,10,11). The molecule has 0 bridgehead atoms. The molecule has 0 saturated carbocycles. The molecule has 2 aromatic rings. The molecule has 2 rings (SSSR count). The third-order valence-corrected chi connectivity index (χ3v) is 2.43. The van der Waals surface area contributed by atoms with Gasteiger partial charge in [0.15, 0.2) is 0 Å². The second-order valence-corrected chi connectivity index (χ2v) is 3.68. The Bertz CT molecular complexity index is 351. The highest BCUT2D eigenvalue weighted by atomic mass is 32.1. The molecule has 0 aliphatic carbocycles. The zero-order valence-corrected chi connectivity index (χ0v) is 7.35. The van der Waals surface area contributed by atoms with Gasteiger partial charge in [-0.2, -0.15) is 5.10 Å². The van der Waals surface area contributed by atoms with E-state index in [1.54, 1.807) is 17.4 Å². The van der Waals surface area contributed by atoms with Crippen LogP contribution >= 0.6 is 11.3 Å². The van der Waals surface area contributed by atoms with Gasteiger partial charge in [-0.25, -0.2) is 4.98 Å². The second kappa shape index (κ2) is 2.60. The molecule has 0 radical (unpaired) electrons. The molecule has 2 aromatic heterocycles. The summed E-state index contributed by atoms with van der Waals surface area (Å²) in [5.41, 5.74) is 6.39. The van der Waals surface area contributed by atoms with E-state index in [1.165, 1.54) is 0 Å². The number of nitrogen functional groups attached to an aromatic ring is 1. The number of aryl methyl sites for hydroxylation is 1. The Balaban J connectivity index is 2.43. The van der Waals surface area contributed by atoms with Crippen molar-refractivity contribution in [2.75, 3.05) is 5.73 Å². The van der Waals surface area contributed by atoms with Crippen molar-refractivity contribution in [1.29, 1.82) is 0 Å². The van der Waals surface area contributed by atoms with Crippen LogP contribution in [0.25, 0.3) is 10.6 Å². The molecule has 5 heteroatoms. The van der Waals surface area contributed by atoms with Gasteiger partial charge >= 0.3 is 0 Å². The Morgan fingerprint density at radius 3 is 2.92 bits per heavy atom. The number of anilines is 1. The summed E-state index contributed by atoms with van der Waals surface area (Å²) in [4.78, 5) is 5.20. The van der Waals surface area contributed by atoms with Crippen molar-refractivity contribution in [2.45, 2.75) is 6.92 Å². The molecule has 0 amide bonds. The van der Waals surface area contributed by atoms with Gasteiger partial charge in [0, 0.05) is 12.3 Å². The van der Waals surface area contributed by atoms with Gasteiger partial charge in [0.05, 0.1) is 15.6 Å². The number of nitrogens with two attached hydrogens (primary N) is 1. The van der Waals surface area contributed by atoms with Crippen molar-refractivity contribution >= 4 is 17.2 Å². The topological polar surface area (TPSA) is 67.6 Å². The van der Waals surface area contributed by atoms with Gasteiger partial charge in [0.1, 0.15) is 5.82 Å². The SMILES string of the molecule is Cc1ncc(-c2cc(N)n[nH]2)s1. The predicted octanol–water partition coefficient (Wildman–Crippen LogP) is 1.42. The molecule has 0 unspecified atom stereocenters. The van der Waals surface area contributed by atoms with E-state index >= 15 is 0 Å². The van der Waals surface area contributed by atoms with Gasteiger partial charge in [-0.15, -0.1) is 11.3 Å². The minimum atomic E-state index is 0.510.